The standard InChI is InChI=1S/C20H26N2O/c1-15(19(23)22-20(2,3)4)21-18(16-11-7-5-8-12-16)17-13-9-6-10-14-17/h5-15,18,21H,1-4H3,(H,22,23)/t15-/m0/s1. The maximum atomic E-state index is 12.4. The zero-order valence-electron chi connectivity index (χ0n) is 14.3. The van der Waals surface area contributed by atoms with Crippen LogP contribution in [0.2, 0.25) is 0 Å². The lowest BCUT2D eigenvalue weighted by molar-refractivity contribution is -0.124. The van der Waals surface area contributed by atoms with Gasteiger partial charge in [0.05, 0.1) is 12.1 Å². The quantitative estimate of drug-likeness (QED) is 0.884. The lowest BCUT2D eigenvalue weighted by Gasteiger charge is -2.27. The van der Waals surface area contributed by atoms with Crippen molar-refractivity contribution in [1.82, 2.24) is 10.6 Å². The lowest BCUT2D eigenvalue weighted by Crippen LogP contribution is -2.50. The SMILES string of the molecule is C[C@H](NC(c1ccccc1)c1ccccc1)C(=O)NC(C)(C)C. The summed E-state index contributed by atoms with van der Waals surface area (Å²) in [6, 6.07) is 20.1. The van der Waals surface area contributed by atoms with E-state index in [0.29, 0.717) is 0 Å². The van der Waals surface area contributed by atoms with Gasteiger partial charge in [0.25, 0.3) is 0 Å². The minimum Gasteiger partial charge on any atom is -0.350 e. The van der Waals surface area contributed by atoms with Gasteiger partial charge in [0.1, 0.15) is 0 Å². The molecule has 3 nitrogen and oxygen atoms in total. The predicted molar refractivity (Wildman–Crippen MR) is 95.2 cm³/mol. The molecular weight excluding hydrogens is 284 g/mol. The molecule has 0 unspecified atom stereocenters. The Morgan fingerprint density at radius 1 is 0.870 bits per heavy atom. The number of hydrogen-bond donors (Lipinski definition) is 2. The second-order valence-electron chi connectivity index (χ2n) is 6.88. The molecule has 23 heavy (non-hydrogen) atoms. The van der Waals surface area contributed by atoms with E-state index in [0.717, 1.165) is 11.1 Å². The van der Waals surface area contributed by atoms with Crippen LogP contribution >= 0.6 is 0 Å². The molecule has 0 aliphatic carbocycles. The Morgan fingerprint density at radius 3 is 1.70 bits per heavy atom. The Kier molecular flexibility index (Phi) is 5.56. The molecule has 0 aliphatic rings. The fourth-order valence-electron chi connectivity index (χ4n) is 2.48. The summed E-state index contributed by atoms with van der Waals surface area (Å²) in [4.78, 5) is 12.4. The van der Waals surface area contributed by atoms with Crippen LogP contribution in [0.5, 0.6) is 0 Å². The van der Waals surface area contributed by atoms with E-state index in [4.69, 9.17) is 0 Å². The molecular formula is C20H26N2O. The highest BCUT2D eigenvalue weighted by atomic mass is 16.2. The first-order valence-corrected chi connectivity index (χ1v) is 8.05. The van der Waals surface area contributed by atoms with E-state index < -0.39 is 0 Å². The van der Waals surface area contributed by atoms with Gasteiger partial charge in [-0.25, -0.2) is 0 Å². The third-order valence-electron chi connectivity index (χ3n) is 3.57. The highest BCUT2D eigenvalue weighted by Crippen LogP contribution is 2.22. The molecule has 1 atom stereocenters. The molecule has 3 heteroatoms. The third kappa shape index (κ3) is 5.22. The Bertz CT molecular complexity index is 578. The molecule has 122 valence electrons. The summed E-state index contributed by atoms with van der Waals surface area (Å²) in [5, 5.41) is 6.49. The molecule has 0 spiro atoms. The van der Waals surface area contributed by atoms with Gasteiger partial charge in [0, 0.05) is 5.54 Å². The highest BCUT2D eigenvalue weighted by Gasteiger charge is 2.23. The molecule has 0 aromatic heterocycles. The summed E-state index contributed by atoms with van der Waals surface area (Å²) in [5.41, 5.74) is 2.06. The number of benzene rings is 2. The van der Waals surface area contributed by atoms with E-state index in [1.165, 1.54) is 0 Å². The van der Waals surface area contributed by atoms with E-state index in [1.54, 1.807) is 0 Å². The maximum Gasteiger partial charge on any atom is 0.237 e. The minimum atomic E-state index is -0.292. The minimum absolute atomic E-state index is 0.00867. The molecule has 2 N–H and O–H groups in total. The molecule has 0 saturated carbocycles. The normalized spacial score (nSPS) is 12.9. The topological polar surface area (TPSA) is 41.1 Å². The lowest BCUT2D eigenvalue weighted by atomic mass is 9.97. The van der Waals surface area contributed by atoms with Gasteiger partial charge in [-0.1, -0.05) is 60.7 Å². The molecule has 2 aromatic carbocycles. The van der Waals surface area contributed by atoms with Crippen LogP contribution in [0.3, 0.4) is 0 Å². The van der Waals surface area contributed by atoms with E-state index in [9.17, 15) is 4.79 Å². The molecule has 0 bridgehead atoms. The Hall–Kier alpha value is -2.13. The average molecular weight is 310 g/mol. The second-order valence-corrected chi connectivity index (χ2v) is 6.88. The molecule has 0 saturated heterocycles. The Labute approximate surface area is 139 Å². The number of nitrogens with one attached hydrogen (secondary N) is 2. The van der Waals surface area contributed by atoms with E-state index in [2.05, 4.69) is 34.9 Å². The van der Waals surface area contributed by atoms with Crippen LogP contribution in [0.25, 0.3) is 0 Å². The van der Waals surface area contributed by atoms with Crippen molar-refractivity contribution >= 4 is 5.91 Å². The van der Waals surface area contributed by atoms with Gasteiger partial charge in [-0.05, 0) is 38.8 Å². The van der Waals surface area contributed by atoms with Crippen molar-refractivity contribution in [2.75, 3.05) is 0 Å². The van der Waals surface area contributed by atoms with Crippen molar-refractivity contribution in [3.63, 3.8) is 0 Å². The molecule has 1 amide bonds. The number of carbonyl (C=O) groups is 1. The Morgan fingerprint density at radius 2 is 1.30 bits per heavy atom. The average Bonchev–Trinajstić information content (AvgIpc) is 2.52. The zero-order valence-corrected chi connectivity index (χ0v) is 14.3. The molecule has 0 heterocycles. The van der Waals surface area contributed by atoms with Crippen molar-refractivity contribution in [1.29, 1.82) is 0 Å². The predicted octanol–water partition coefficient (Wildman–Crippen LogP) is 3.67. The van der Waals surface area contributed by atoms with Crippen molar-refractivity contribution in [3.05, 3.63) is 71.8 Å². The maximum absolute atomic E-state index is 12.4. The zero-order chi connectivity index (χ0) is 16.9. The van der Waals surface area contributed by atoms with Gasteiger partial charge >= 0.3 is 0 Å². The number of hydrogen-bond acceptors (Lipinski definition) is 2. The summed E-state index contributed by atoms with van der Waals surface area (Å²) in [6.07, 6.45) is 0. The van der Waals surface area contributed by atoms with Crippen LogP contribution in [0.15, 0.2) is 60.7 Å². The first kappa shape index (κ1) is 17.2. The molecule has 2 rings (SSSR count). The highest BCUT2D eigenvalue weighted by molar-refractivity contribution is 5.82. The fourth-order valence-corrected chi connectivity index (χ4v) is 2.48. The fraction of sp³-hybridized carbons (Fsp3) is 0.350. The van der Waals surface area contributed by atoms with Crippen LogP contribution < -0.4 is 10.6 Å². The summed E-state index contributed by atoms with van der Waals surface area (Å²) in [7, 11) is 0. The molecule has 0 aliphatic heterocycles. The van der Waals surface area contributed by atoms with Crippen molar-refractivity contribution in [2.45, 2.75) is 45.3 Å². The van der Waals surface area contributed by atoms with Crippen LogP contribution in [0.1, 0.15) is 44.9 Å². The van der Waals surface area contributed by atoms with Gasteiger partial charge in [0.15, 0.2) is 0 Å². The summed E-state index contributed by atoms with van der Waals surface area (Å²) < 4.78 is 0. The largest absolute Gasteiger partial charge is 0.350 e. The van der Waals surface area contributed by atoms with Gasteiger partial charge in [-0.15, -0.1) is 0 Å². The van der Waals surface area contributed by atoms with Gasteiger partial charge in [0.2, 0.25) is 5.91 Å². The van der Waals surface area contributed by atoms with E-state index in [1.807, 2.05) is 64.1 Å². The summed E-state index contributed by atoms with van der Waals surface area (Å²) >= 11 is 0. The smallest absolute Gasteiger partial charge is 0.237 e. The van der Waals surface area contributed by atoms with Crippen LogP contribution in [-0.2, 0) is 4.79 Å². The van der Waals surface area contributed by atoms with Crippen molar-refractivity contribution in [2.24, 2.45) is 0 Å². The van der Waals surface area contributed by atoms with Crippen molar-refractivity contribution in [3.8, 4) is 0 Å². The molecule has 2 aromatic rings. The van der Waals surface area contributed by atoms with Crippen LogP contribution in [0.4, 0.5) is 0 Å². The van der Waals surface area contributed by atoms with Gasteiger partial charge < -0.3 is 5.32 Å². The van der Waals surface area contributed by atoms with Crippen molar-refractivity contribution < 1.29 is 4.79 Å². The molecule has 0 radical (unpaired) electrons. The number of rotatable bonds is 5. The van der Waals surface area contributed by atoms with E-state index >= 15 is 0 Å². The number of amides is 1. The summed E-state index contributed by atoms with van der Waals surface area (Å²) in [6.45, 7) is 7.87. The van der Waals surface area contributed by atoms with Crippen LogP contribution in [0, 0.1) is 0 Å². The first-order valence-electron chi connectivity index (χ1n) is 8.05. The second kappa shape index (κ2) is 7.42. The number of carbonyl (C=O) groups excluding carboxylic acids is 1. The van der Waals surface area contributed by atoms with Gasteiger partial charge in [-0.3, -0.25) is 10.1 Å². The summed E-state index contributed by atoms with van der Waals surface area (Å²) in [5.74, 6) is 0.00867. The Balaban J connectivity index is 2.21. The molecule has 0 fully saturated rings. The van der Waals surface area contributed by atoms with Crippen LogP contribution in [-0.4, -0.2) is 17.5 Å². The van der Waals surface area contributed by atoms with Gasteiger partial charge in [-0.2, -0.15) is 0 Å². The third-order valence-corrected chi connectivity index (χ3v) is 3.57. The first-order chi connectivity index (χ1) is 10.9. The monoisotopic (exact) mass is 310 g/mol. The van der Waals surface area contributed by atoms with E-state index in [-0.39, 0.29) is 23.5 Å².